The second-order valence-electron chi connectivity index (χ2n) is 3.65. The molecule has 0 aliphatic rings. The Bertz CT molecular complexity index is 223. The van der Waals surface area contributed by atoms with Crippen molar-refractivity contribution in [1.29, 1.82) is 0 Å². The molecule has 1 rings (SSSR count). The van der Waals surface area contributed by atoms with Crippen LogP contribution in [0.2, 0.25) is 0 Å². The molecule has 0 aromatic carbocycles. The zero-order valence-corrected chi connectivity index (χ0v) is 8.50. The summed E-state index contributed by atoms with van der Waals surface area (Å²) in [5, 5.41) is 11.1. The van der Waals surface area contributed by atoms with E-state index < -0.39 is 0 Å². The molecule has 0 saturated carbocycles. The van der Waals surface area contributed by atoms with Crippen LogP contribution in [0, 0.1) is 0 Å². The smallest absolute Gasteiger partial charge is 0.0526 e. The Morgan fingerprint density at radius 1 is 1.33 bits per heavy atom. The molecule has 0 atom stereocenters. The van der Waals surface area contributed by atoms with Crippen LogP contribution in [0.4, 0.5) is 0 Å². The minimum Gasteiger partial charge on any atom is -0.400 e. The Morgan fingerprint density at radius 2 is 1.83 bits per heavy atom. The van der Waals surface area contributed by atoms with Crippen molar-refractivity contribution in [1.82, 2.24) is 9.78 Å². The van der Waals surface area contributed by atoms with Crippen LogP contribution >= 0.6 is 0 Å². The first-order valence-electron chi connectivity index (χ1n) is 3.94. The lowest BCUT2D eigenvalue weighted by Crippen LogP contribution is -2.09. The van der Waals surface area contributed by atoms with Gasteiger partial charge in [0.2, 0.25) is 0 Å². The fourth-order valence-electron chi connectivity index (χ4n) is 0.809. The van der Waals surface area contributed by atoms with E-state index in [1.54, 1.807) is 0 Å². The molecule has 1 N–H and O–H groups in total. The minimum absolute atomic E-state index is 0.230. The van der Waals surface area contributed by atoms with Crippen LogP contribution in [-0.2, 0) is 12.5 Å². The normalized spacial score (nSPS) is 10.5. The number of rotatable bonds is 0. The van der Waals surface area contributed by atoms with Crippen LogP contribution in [0.25, 0.3) is 0 Å². The molecule has 0 aliphatic heterocycles. The summed E-state index contributed by atoms with van der Waals surface area (Å²) in [5.74, 6) is 0. The van der Waals surface area contributed by atoms with E-state index in [9.17, 15) is 0 Å². The van der Waals surface area contributed by atoms with Crippen LogP contribution in [0.5, 0.6) is 0 Å². The number of hydrogen-bond donors (Lipinski definition) is 1. The Balaban J connectivity index is 0.000000561. The summed E-state index contributed by atoms with van der Waals surface area (Å²) >= 11 is 0. The van der Waals surface area contributed by atoms with Gasteiger partial charge in [-0.2, -0.15) is 5.10 Å². The lowest BCUT2D eigenvalue weighted by molar-refractivity contribution is 0.399. The summed E-state index contributed by atoms with van der Waals surface area (Å²) in [7, 11) is 2.94. The van der Waals surface area contributed by atoms with Crippen molar-refractivity contribution in [3.8, 4) is 0 Å². The molecular formula is C9H18N2O. The molecule has 12 heavy (non-hydrogen) atoms. The van der Waals surface area contributed by atoms with Gasteiger partial charge in [0.15, 0.2) is 0 Å². The summed E-state index contributed by atoms with van der Waals surface area (Å²) in [6, 6.07) is 0. The predicted octanol–water partition coefficient (Wildman–Crippen LogP) is 1.33. The predicted molar refractivity (Wildman–Crippen MR) is 50.1 cm³/mol. The first-order chi connectivity index (χ1) is 5.50. The van der Waals surface area contributed by atoms with Crippen molar-refractivity contribution in [2.75, 3.05) is 7.11 Å². The van der Waals surface area contributed by atoms with Gasteiger partial charge >= 0.3 is 0 Å². The second-order valence-corrected chi connectivity index (χ2v) is 3.65. The van der Waals surface area contributed by atoms with E-state index in [0.717, 1.165) is 7.11 Å². The van der Waals surface area contributed by atoms with Crippen LogP contribution in [-0.4, -0.2) is 22.0 Å². The van der Waals surface area contributed by atoms with Crippen LogP contribution < -0.4 is 0 Å². The zero-order valence-electron chi connectivity index (χ0n) is 8.50. The molecule has 3 heteroatoms. The number of aliphatic hydroxyl groups excluding tert-OH is 1. The number of hydrogen-bond acceptors (Lipinski definition) is 2. The number of aliphatic hydroxyl groups is 1. The lowest BCUT2D eigenvalue weighted by Gasteiger charge is -2.14. The Morgan fingerprint density at radius 3 is 2.00 bits per heavy atom. The van der Waals surface area contributed by atoms with Crippen molar-refractivity contribution >= 4 is 0 Å². The van der Waals surface area contributed by atoms with Gasteiger partial charge in [-0.25, -0.2) is 0 Å². The van der Waals surface area contributed by atoms with Crippen LogP contribution in [0.15, 0.2) is 12.4 Å². The largest absolute Gasteiger partial charge is 0.400 e. The molecular weight excluding hydrogens is 152 g/mol. The van der Waals surface area contributed by atoms with E-state index in [-0.39, 0.29) is 5.41 Å². The van der Waals surface area contributed by atoms with Gasteiger partial charge in [-0.1, -0.05) is 20.8 Å². The first-order valence-corrected chi connectivity index (χ1v) is 3.94. The molecule has 70 valence electrons. The van der Waals surface area contributed by atoms with Crippen molar-refractivity contribution in [3.63, 3.8) is 0 Å². The Kier molecular flexibility index (Phi) is 3.96. The Hall–Kier alpha value is -0.830. The highest BCUT2D eigenvalue weighted by Gasteiger charge is 2.14. The highest BCUT2D eigenvalue weighted by Crippen LogP contribution is 2.20. The third-order valence-corrected chi connectivity index (χ3v) is 1.57. The number of aromatic nitrogens is 2. The van der Waals surface area contributed by atoms with Gasteiger partial charge in [-0.15, -0.1) is 0 Å². The van der Waals surface area contributed by atoms with Gasteiger partial charge < -0.3 is 5.11 Å². The molecule has 0 bridgehead atoms. The summed E-state index contributed by atoms with van der Waals surface area (Å²) in [4.78, 5) is 0. The maximum Gasteiger partial charge on any atom is 0.0526 e. The molecule has 3 nitrogen and oxygen atoms in total. The fraction of sp³-hybridized carbons (Fsp3) is 0.667. The van der Waals surface area contributed by atoms with Crippen molar-refractivity contribution in [2.24, 2.45) is 7.05 Å². The first kappa shape index (κ1) is 11.2. The van der Waals surface area contributed by atoms with E-state index >= 15 is 0 Å². The molecule has 0 spiro atoms. The third kappa shape index (κ3) is 3.05. The van der Waals surface area contributed by atoms with E-state index in [1.807, 2.05) is 17.9 Å². The minimum atomic E-state index is 0.230. The SMILES string of the molecule is CO.Cn1cc(C(C)(C)C)cn1. The topological polar surface area (TPSA) is 38.0 Å². The van der Waals surface area contributed by atoms with Gasteiger partial charge in [0.1, 0.15) is 0 Å². The molecule has 0 radical (unpaired) electrons. The Labute approximate surface area is 74.0 Å². The van der Waals surface area contributed by atoms with Crippen LogP contribution in [0.1, 0.15) is 26.3 Å². The zero-order chi connectivity index (χ0) is 9.78. The second kappa shape index (κ2) is 4.26. The van der Waals surface area contributed by atoms with Crippen LogP contribution in [0.3, 0.4) is 0 Å². The van der Waals surface area contributed by atoms with E-state index in [1.165, 1.54) is 5.56 Å². The van der Waals surface area contributed by atoms with Gasteiger partial charge in [0.05, 0.1) is 6.20 Å². The van der Waals surface area contributed by atoms with Crippen molar-refractivity contribution in [2.45, 2.75) is 26.2 Å². The summed E-state index contributed by atoms with van der Waals surface area (Å²) in [5.41, 5.74) is 1.52. The van der Waals surface area contributed by atoms with Gasteiger partial charge in [0.25, 0.3) is 0 Å². The monoisotopic (exact) mass is 170 g/mol. The summed E-state index contributed by atoms with van der Waals surface area (Å²) in [6.45, 7) is 6.55. The molecule has 0 aliphatic carbocycles. The average Bonchev–Trinajstić information content (AvgIpc) is 2.39. The molecule has 1 heterocycles. The maximum atomic E-state index is 7.00. The molecule has 1 aromatic rings. The van der Waals surface area contributed by atoms with E-state index in [4.69, 9.17) is 5.11 Å². The molecule has 0 unspecified atom stereocenters. The van der Waals surface area contributed by atoms with Gasteiger partial charge in [0, 0.05) is 20.4 Å². The van der Waals surface area contributed by atoms with Gasteiger partial charge in [-0.3, -0.25) is 4.68 Å². The third-order valence-electron chi connectivity index (χ3n) is 1.57. The fourth-order valence-corrected chi connectivity index (χ4v) is 0.809. The van der Waals surface area contributed by atoms with Gasteiger partial charge in [-0.05, 0) is 11.0 Å². The highest BCUT2D eigenvalue weighted by molar-refractivity contribution is 5.14. The maximum absolute atomic E-state index is 7.00. The standard InChI is InChI=1S/C8H14N2.CH4O/c1-8(2,3)7-5-9-10(4)6-7;1-2/h5-6H,1-4H3;2H,1H3. The molecule has 0 saturated heterocycles. The molecule has 0 fully saturated rings. The van der Waals surface area contributed by atoms with E-state index in [2.05, 4.69) is 32.1 Å². The van der Waals surface area contributed by atoms with Crippen molar-refractivity contribution < 1.29 is 5.11 Å². The highest BCUT2D eigenvalue weighted by atomic mass is 16.2. The quantitative estimate of drug-likeness (QED) is 0.638. The summed E-state index contributed by atoms with van der Waals surface area (Å²) in [6.07, 6.45) is 3.97. The van der Waals surface area contributed by atoms with Crippen molar-refractivity contribution in [3.05, 3.63) is 18.0 Å². The molecule has 0 amide bonds. The summed E-state index contributed by atoms with van der Waals surface area (Å²) < 4.78 is 1.83. The molecule has 1 aromatic heterocycles. The lowest BCUT2D eigenvalue weighted by atomic mass is 9.90. The average molecular weight is 170 g/mol. The number of aryl methyl sites for hydroxylation is 1. The van der Waals surface area contributed by atoms with E-state index in [0.29, 0.717) is 0 Å². The number of nitrogens with zero attached hydrogens (tertiary/aromatic N) is 2.